The van der Waals surface area contributed by atoms with Crippen LogP contribution in [0.2, 0.25) is 0 Å². The van der Waals surface area contributed by atoms with Gasteiger partial charge >= 0.3 is 0 Å². The van der Waals surface area contributed by atoms with Crippen LogP contribution in [-0.2, 0) is 6.42 Å². The zero-order chi connectivity index (χ0) is 42.3. The quantitative estimate of drug-likeness (QED) is 0.168. The van der Waals surface area contributed by atoms with Crippen LogP contribution in [0.25, 0.3) is 125 Å². The molecular weight excluding hydrogens is 809 g/mol. The summed E-state index contributed by atoms with van der Waals surface area (Å²) >= 11 is 1.88. The number of hydrogen-bond acceptors (Lipinski definition) is 1. The van der Waals surface area contributed by atoms with Crippen molar-refractivity contribution in [2.24, 2.45) is 0 Å². The summed E-state index contributed by atoms with van der Waals surface area (Å²) in [4.78, 5) is 0. The van der Waals surface area contributed by atoms with E-state index in [9.17, 15) is 0 Å². The normalized spacial score (nSPS) is 13.0. The van der Waals surface area contributed by atoms with E-state index in [1.165, 1.54) is 119 Å². The molecule has 15 rings (SSSR count). The molecule has 0 amide bonds. The Labute approximate surface area is 377 Å². The van der Waals surface area contributed by atoms with Crippen LogP contribution >= 0.6 is 11.3 Å². The molecule has 4 nitrogen and oxygen atoms in total. The molecule has 0 aliphatic heterocycles. The summed E-state index contributed by atoms with van der Waals surface area (Å²) in [5, 5.41) is 11.4. The maximum atomic E-state index is 2.51. The van der Waals surface area contributed by atoms with Crippen LogP contribution in [0.15, 0.2) is 200 Å². The number of para-hydroxylation sites is 5. The first kappa shape index (κ1) is 35.4. The number of nitrogens with zero attached hydrogens (tertiary/aromatic N) is 4. The second-order valence-corrected chi connectivity index (χ2v) is 18.7. The number of fused-ring (bicyclic) bond motifs is 15. The van der Waals surface area contributed by atoms with E-state index in [-0.39, 0.29) is 0 Å². The van der Waals surface area contributed by atoms with Crippen LogP contribution in [0.3, 0.4) is 0 Å². The molecule has 9 aromatic carbocycles. The minimum Gasteiger partial charge on any atom is -0.313 e. The minimum absolute atomic E-state index is 1.03. The highest BCUT2D eigenvalue weighted by atomic mass is 32.1. The summed E-state index contributed by atoms with van der Waals surface area (Å²) in [6, 6.07) is 72.4. The van der Waals surface area contributed by atoms with Crippen LogP contribution in [0.5, 0.6) is 0 Å². The maximum Gasteiger partial charge on any atom is 0.0561 e. The van der Waals surface area contributed by atoms with Crippen LogP contribution in [0, 0.1) is 0 Å². The molecule has 0 saturated heterocycles. The van der Waals surface area contributed by atoms with Gasteiger partial charge in [0.1, 0.15) is 0 Å². The van der Waals surface area contributed by atoms with E-state index >= 15 is 0 Å². The lowest BCUT2D eigenvalue weighted by atomic mass is 10.0. The first-order valence-electron chi connectivity index (χ1n) is 22.6. The highest BCUT2D eigenvalue weighted by Gasteiger charge is 2.22. The molecule has 0 saturated carbocycles. The molecule has 5 heterocycles. The summed E-state index contributed by atoms with van der Waals surface area (Å²) in [5.41, 5.74) is 15.9. The van der Waals surface area contributed by atoms with E-state index in [4.69, 9.17) is 0 Å². The van der Waals surface area contributed by atoms with Crippen molar-refractivity contribution in [2.45, 2.75) is 12.8 Å². The Bertz CT molecular complexity index is 4320. The summed E-state index contributed by atoms with van der Waals surface area (Å²) in [7, 11) is 0. The third-order valence-electron chi connectivity index (χ3n) is 14.2. The van der Waals surface area contributed by atoms with Gasteiger partial charge < -0.3 is 18.3 Å². The third-order valence-corrected chi connectivity index (χ3v) is 15.4. The lowest BCUT2D eigenvalue weighted by molar-refractivity contribution is 0.889. The second-order valence-electron chi connectivity index (χ2n) is 17.6. The molecule has 5 aromatic heterocycles. The number of aromatic nitrogens is 4. The molecular formula is C60H38N4S. The van der Waals surface area contributed by atoms with E-state index in [0.717, 1.165) is 24.2 Å². The van der Waals surface area contributed by atoms with Gasteiger partial charge in [0.2, 0.25) is 0 Å². The van der Waals surface area contributed by atoms with Gasteiger partial charge in [-0.05, 0) is 104 Å². The lowest BCUT2D eigenvalue weighted by Crippen LogP contribution is -2.03. The average Bonchev–Trinajstić information content (AvgIpc) is 4.16. The monoisotopic (exact) mass is 846 g/mol. The molecule has 0 spiro atoms. The molecule has 0 unspecified atom stereocenters. The van der Waals surface area contributed by atoms with Crippen molar-refractivity contribution in [1.29, 1.82) is 0 Å². The van der Waals surface area contributed by atoms with Crippen molar-refractivity contribution < 1.29 is 0 Å². The van der Waals surface area contributed by atoms with Gasteiger partial charge in [0.05, 0.1) is 38.6 Å². The van der Waals surface area contributed by atoms with E-state index < -0.39 is 0 Å². The zero-order valence-electron chi connectivity index (χ0n) is 35.2. The van der Waals surface area contributed by atoms with Crippen LogP contribution in [0.1, 0.15) is 17.7 Å². The van der Waals surface area contributed by atoms with Crippen molar-refractivity contribution in [3.63, 3.8) is 0 Å². The summed E-state index contributed by atoms with van der Waals surface area (Å²) in [6.07, 6.45) is 6.73. The smallest absolute Gasteiger partial charge is 0.0561 e. The third kappa shape index (κ3) is 4.90. The Hall–Kier alpha value is -8.12. The largest absolute Gasteiger partial charge is 0.313 e. The zero-order valence-corrected chi connectivity index (χ0v) is 36.1. The number of rotatable bonds is 4. The van der Waals surface area contributed by atoms with Gasteiger partial charge in [-0.3, -0.25) is 0 Å². The van der Waals surface area contributed by atoms with Crippen LogP contribution < -0.4 is 0 Å². The molecule has 0 fully saturated rings. The van der Waals surface area contributed by atoms with E-state index in [1.54, 1.807) is 0 Å². The minimum atomic E-state index is 1.03. The molecule has 5 heteroatoms. The number of thiophene rings is 1. The summed E-state index contributed by atoms with van der Waals surface area (Å²) in [6.45, 7) is 0. The molecule has 0 bridgehead atoms. The van der Waals surface area contributed by atoms with E-state index in [1.807, 2.05) is 11.3 Å². The standard InChI is InChI=1S/C60H38N4S/c1-7-19-51-41(13-1)42-14-2-8-20-52(42)61(51)39-25-29-47-45-17-5-11-23-55(45)63(57(47)35-39)37-27-31-59-49(33-37)50-34-38(28-32-60(50)65-59)64-56-24-12-6-18-46(56)48-30-26-40(36-58(48)64)62-53-21-9-3-15-43(53)44-16-4-10-22-54(44)62/h1-9,11-21,23-36H,10,22H2. The predicted octanol–water partition coefficient (Wildman–Crippen LogP) is 16.2. The lowest BCUT2D eigenvalue weighted by Gasteiger charge is -2.14. The predicted molar refractivity (Wildman–Crippen MR) is 277 cm³/mol. The van der Waals surface area contributed by atoms with Crippen LogP contribution in [0.4, 0.5) is 0 Å². The maximum absolute atomic E-state index is 2.51. The van der Waals surface area contributed by atoms with Gasteiger partial charge in [-0.25, -0.2) is 0 Å². The summed E-state index contributed by atoms with van der Waals surface area (Å²) < 4.78 is 12.5. The van der Waals surface area contributed by atoms with Gasteiger partial charge in [0.15, 0.2) is 0 Å². The number of allylic oxidation sites excluding steroid dienone is 1. The highest BCUT2D eigenvalue weighted by molar-refractivity contribution is 7.25. The first-order valence-corrected chi connectivity index (χ1v) is 23.4. The van der Waals surface area contributed by atoms with Crippen LogP contribution in [-0.4, -0.2) is 18.3 Å². The molecule has 0 radical (unpaired) electrons. The number of benzene rings is 9. The highest BCUT2D eigenvalue weighted by Crippen LogP contribution is 2.42. The van der Waals surface area contributed by atoms with E-state index in [2.05, 4.69) is 225 Å². The van der Waals surface area contributed by atoms with Gasteiger partial charge in [0.25, 0.3) is 0 Å². The van der Waals surface area contributed by atoms with Crippen molar-refractivity contribution in [3.05, 3.63) is 211 Å². The average molecular weight is 847 g/mol. The first-order chi connectivity index (χ1) is 32.2. The molecule has 14 aromatic rings. The molecule has 304 valence electrons. The fourth-order valence-electron chi connectivity index (χ4n) is 11.5. The Morgan fingerprint density at radius 1 is 0.308 bits per heavy atom. The molecule has 65 heavy (non-hydrogen) atoms. The topological polar surface area (TPSA) is 19.7 Å². The van der Waals surface area contributed by atoms with Crippen molar-refractivity contribution in [2.75, 3.05) is 0 Å². The Kier molecular flexibility index (Phi) is 7.18. The SMILES string of the molecule is C1=Cc2c(n(-c3ccc4c5ccccc5n(-c5ccc6sc7ccc(-n8c9ccccc9c9ccc(-n%10c%11ccccc%11c%11ccccc%11%10)cc98)cc7c6c5)c4c3)c3ccccc23)CC1. The summed E-state index contributed by atoms with van der Waals surface area (Å²) in [5.74, 6) is 0. The van der Waals surface area contributed by atoms with Crippen molar-refractivity contribution >= 4 is 114 Å². The van der Waals surface area contributed by atoms with Gasteiger partial charge in [-0.15, -0.1) is 11.3 Å². The van der Waals surface area contributed by atoms with Crippen molar-refractivity contribution in [1.82, 2.24) is 18.3 Å². The molecule has 1 aliphatic rings. The Balaban J connectivity index is 0.934. The Morgan fingerprint density at radius 2 is 0.677 bits per heavy atom. The van der Waals surface area contributed by atoms with Gasteiger partial charge in [-0.1, -0.05) is 115 Å². The Morgan fingerprint density at radius 3 is 1.17 bits per heavy atom. The molecule has 0 N–H and O–H groups in total. The van der Waals surface area contributed by atoms with E-state index in [0.29, 0.717) is 0 Å². The number of hydrogen-bond donors (Lipinski definition) is 0. The fraction of sp³-hybridized carbons (Fsp3) is 0.0333. The molecule has 1 aliphatic carbocycles. The molecule has 0 atom stereocenters. The second kappa shape index (κ2) is 13.2. The fourth-order valence-corrected chi connectivity index (χ4v) is 12.5. The van der Waals surface area contributed by atoms with Gasteiger partial charge in [-0.2, -0.15) is 0 Å². The van der Waals surface area contributed by atoms with Crippen molar-refractivity contribution in [3.8, 4) is 22.7 Å². The van der Waals surface area contributed by atoms with Gasteiger partial charge in [0, 0.05) is 91.9 Å².